The lowest BCUT2D eigenvalue weighted by Crippen LogP contribution is -2.58. The second-order valence-corrected chi connectivity index (χ2v) is 7.77. The Morgan fingerprint density at radius 2 is 1.59 bits per heavy atom. The van der Waals surface area contributed by atoms with Gasteiger partial charge < -0.3 is 9.64 Å². The number of halogens is 4. The van der Waals surface area contributed by atoms with Gasteiger partial charge in [0.25, 0.3) is 0 Å². The first-order chi connectivity index (χ1) is 13.9. The number of aromatic nitrogens is 3. The number of hydrogen-bond acceptors (Lipinski definition) is 4. The van der Waals surface area contributed by atoms with Gasteiger partial charge in [0.1, 0.15) is 16.9 Å². The first-order valence-electron chi connectivity index (χ1n) is 9.41. The van der Waals surface area contributed by atoms with Gasteiger partial charge in [-0.2, -0.15) is 13.2 Å². The number of hydrogen-bond donors (Lipinski definition) is 0. The van der Waals surface area contributed by atoms with Gasteiger partial charge in [-0.05, 0) is 49.2 Å². The Morgan fingerprint density at radius 1 is 0.931 bits per heavy atom. The van der Waals surface area contributed by atoms with Crippen LogP contribution in [0.4, 0.5) is 23.2 Å². The minimum Gasteiger partial charge on any atom is -0.381 e. The molecule has 3 heterocycles. The average Bonchev–Trinajstić information content (AvgIpc) is 3.09. The highest BCUT2D eigenvalue weighted by molar-refractivity contribution is 5.80. The molecule has 0 saturated carbocycles. The van der Waals surface area contributed by atoms with E-state index >= 15 is 0 Å². The fourth-order valence-electron chi connectivity index (χ4n) is 4.30. The van der Waals surface area contributed by atoms with Crippen LogP contribution in [0.25, 0.3) is 16.7 Å². The molecule has 0 bridgehead atoms. The van der Waals surface area contributed by atoms with Crippen LogP contribution in [0.1, 0.15) is 18.4 Å². The molecule has 1 aromatic heterocycles. The first-order valence-corrected chi connectivity index (χ1v) is 9.41. The summed E-state index contributed by atoms with van der Waals surface area (Å²) in [6.45, 7) is 3.59. The van der Waals surface area contributed by atoms with E-state index in [1.165, 1.54) is 10.7 Å². The Bertz CT molecular complexity index is 1050. The molecule has 152 valence electrons. The standard InChI is InChI=1S/C20H18F4N4O/c21-15-5-6-16-18(17(15)20(22,23)24)25-26-28(16)14-3-1-13(2-4-14)27-11-19(12-27)7-9-29-10-8-19/h1-6H,7-12H2. The predicted molar refractivity (Wildman–Crippen MR) is 98.5 cm³/mol. The van der Waals surface area contributed by atoms with Gasteiger partial charge in [0.2, 0.25) is 0 Å². The van der Waals surface area contributed by atoms with E-state index in [9.17, 15) is 17.6 Å². The van der Waals surface area contributed by atoms with Gasteiger partial charge in [-0.15, -0.1) is 5.10 Å². The maximum atomic E-state index is 13.8. The van der Waals surface area contributed by atoms with Crippen molar-refractivity contribution in [2.24, 2.45) is 5.41 Å². The third kappa shape index (κ3) is 3.04. The smallest absolute Gasteiger partial charge is 0.381 e. The second kappa shape index (κ2) is 6.41. The minimum absolute atomic E-state index is 0.108. The monoisotopic (exact) mass is 406 g/mol. The van der Waals surface area contributed by atoms with Gasteiger partial charge in [-0.25, -0.2) is 9.07 Å². The lowest BCUT2D eigenvalue weighted by molar-refractivity contribution is -0.138. The molecular weight excluding hydrogens is 388 g/mol. The fraction of sp³-hybridized carbons (Fsp3) is 0.400. The van der Waals surface area contributed by atoms with Crippen LogP contribution in [0, 0.1) is 11.2 Å². The second-order valence-electron chi connectivity index (χ2n) is 7.77. The highest BCUT2D eigenvalue weighted by Gasteiger charge is 2.43. The van der Waals surface area contributed by atoms with Crippen molar-refractivity contribution in [3.8, 4) is 5.69 Å². The first kappa shape index (κ1) is 18.4. The van der Waals surface area contributed by atoms with Crippen LogP contribution < -0.4 is 4.90 Å². The maximum Gasteiger partial charge on any atom is 0.421 e. The van der Waals surface area contributed by atoms with Gasteiger partial charge in [0.05, 0.1) is 11.2 Å². The number of nitrogens with zero attached hydrogens (tertiary/aromatic N) is 4. The molecule has 5 rings (SSSR count). The average molecular weight is 406 g/mol. The summed E-state index contributed by atoms with van der Waals surface area (Å²) in [5.74, 6) is -1.35. The minimum atomic E-state index is -4.84. The molecular formula is C20H18F4N4O. The molecule has 29 heavy (non-hydrogen) atoms. The van der Waals surface area contributed by atoms with Crippen molar-refractivity contribution in [2.45, 2.75) is 19.0 Å². The third-order valence-corrected chi connectivity index (χ3v) is 5.92. The lowest BCUT2D eigenvalue weighted by atomic mass is 9.73. The predicted octanol–water partition coefficient (Wildman–Crippen LogP) is 4.20. The molecule has 2 fully saturated rings. The summed E-state index contributed by atoms with van der Waals surface area (Å²) in [5.41, 5.74) is 0.189. The van der Waals surface area contributed by atoms with Crippen molar-refractivity contribution in [1.29, 1.82) is 0 Å². The largest absolute Gasteiger partial charge is 0.421 e. The van der Waals surface area contributed by atoms with Crippen molar-refractivity contribution < 1.29 is 22.3 Å². The molecule has 0 aliphatic carbocycles. The van der Waals surface area contributed by atoms with Crippen LogP contribution >= 0.6 is 0 Å². The van der Waals surface area contributed by atoms with Crippen LogP contribution in [0.2, 0.25) is 0 Å². The highest BCUT2D eigenvalue weighted by atomic mass is 19.4. The van der Waals surface area contributed by atoms with Crippen LogP contribution in [-0.2, 0) is 10.9 Å². The molecule has 2 aliphatic heterocycles. The van der Waals surface area contributed by atoms with Crippen molar-refractivity contribution in [2.75, 3.05) is 31.2 Å². The topological polar surface area (TPSA) is 43.2 Å². The maximum absolute atomic E-state index is 13.8. The van der Waals surface area contributed by atoms with Gasteiger partial charge in [-0.1, -0.05) is 5.21 Å². The SMILES string of the molecule is Fc1ccc2c(nnn2-c2ccc(N3CC4(CCOCC4)C3)cc2)c1C(F)(F)F. The van der Waals surface area contributed by atoms with E-state index in [0.717, 1.165) is 50.9 Å². The van der Waals surface area contributed by atoms with Gasteiger partial charge >= 0.3 is 6.18 Å². The van der Waals surface area contributed by atoms with E-state index in [1.807, 2.05) is 12.1 Å². The number of ether oxygens (including phenoxy) is 1. The summed E-state index contributed by atoms with van der Waals surface area (Å²) in [5, 5.41) is 7.43. The number of benzene rings is 2. The Morgan fingerprint density at radius 3 is 2.24 bits per heavy atom. The molecule has 2 aromatic carbocycles. The van der Waals surface area contributed by atoms with Gasteiger partial charge in [-0.3, -0.25) is 0 Å². The molecule has 3 aromatic rings. The number of anilines is 1. The zero-order valence-electron chi connectivity index (χ0n) is 15.4. The lowest BCUT2D eigenvalue weighted by Gasteiger charge is -2.53. The summed E-state index contributed by atoms with van der Waals surface area (Å²) >= 11 is 0. The Labute approximate surface area is 163 Å². The Hall–Kier alpha value is -2.68. The van der Waals surface area contributed by atoms with Crippen LogP contribution in [0.15, 0.2) is 36.4 Å². The van der Waals surface area contributed by atoms with Gasteiger partial charge in [0, 0.05) is 37.4 Å². The van der Waals surface area contributed by atoms with Crippen molar-refractivity contribution in [3.63, 3.8) is 0 Å². The van der Waals surface area contributed by atoms with Crippen molar-refractivity contribution in [3.05, 3.63) is 47.8 Å². The fourth-order valence-corrected chi connectivity index (χ4v) is 4.30. The zero-order chi connectivity index (χ0) is 20.2. The molecule has 0 unspecified atom stereocenters. The summed E-state index contributed by atoms with van der Waals surface area (Å²) < 4.78 is 60.1. The zero-order valence-corrected chi connectivity index (χ0v) is 15.4. The molecule has 5 nitrogen and oxygen atoms in total. The molecule has 0 N–H and O–H groups in total. The summed E-state index contributed by atoms with van der Waals surface area (Å²) in [6, 6.07) is 9.47. The van der Waals surface area contributed by atoms with E-state index in [1.54, 1.807) is 12.1 Å². The number of fused-ring (bicyclic) bond motifs is 1. The number of rotatable bonds is 2. The molecule has 2 aliphatic rings. The van der Waals surface area contributed by atoms with Crippen molar-refractivity contribution >= 4 is 16.7 Å². The van der Waals surface area contributed by atoms with E-state index < -0.39 is 23.1 Å². The van der Waals surface area contributed by atoms with Gasteiger partial charge in [0.15, 0.2) is 0 Å². The Kier molecular flexibility index (Phi) is 4.06. The molecule has 0 atom stereocenters. The molecule has 2 saturated heterocycles. The quantitative estimate of drug-likeness (QED) is 0.599. The van der Waals surface area contributed by atoms with Crippen LogP contribution in [-0.4, -0.2) is 41.3 Å². The summed E-state index contributed by atoms with van der Waals surface area (Å²) in [6.07, 6.45) is -2.69. The van der Waals surface area contributed by atoms with E-state index in [4.69, 9.17) is 4.74 Å². The molecule has 9 heteroatoms. The van der Waals surface area contributed by atoms with E-state index in [-0.39, 0.29) is 5.52 Å². The highest BCUT2D eigenvalue weighted by Crippen LogP contribution is 2.42. The molecule has 0 radical (unpaired) electrons. The van der Waals surface area contributed by atoms with E-state index in [2.05, 4.69) is 15.2 Å². The van der Waals surface area contributed by atoms with E-state index in [0.29, 0.717) is 11.1 Å². The summed E-state index contributed by atoms with van der Waals surface area (Å²) in [4.78, 5) is 2.28. The number of alkyl halides is 3. The molecule has 0 amide bonds. The van der Waals surface area contributed by atoms with Crippen molar-refractivity contribution in [1.82, 2.24) is 15.0 Å². The third-order valence-electron chi connectivity index (χ3n) is 5.92. The normalized spacial score (nSPS) is 19.0. The van der Waals surface area contributed by atoms with Crippen LogP contribution in [0.5, 0.6) is 0 Å². The Balaban J connectivity index is 1.42. The summed E-state index contributed by atoms with van der Waals surface area (Å²) in [7, 11) is 0. The molecule has 1 spiro atoms. The van der Waals surface area contributed by atoms with Crippen LogP contribution in [0.3, 0.4) is 0 Å².